The van der Waals surface area contributed by atoms with Gasteiger partial charge in [0.25, 0.3) is 0 Å². The molecule has 0 aromatic heterocycles. The zero-order valence-electron chi connectivity index (χ0n) is 12.6. The monoisotopic (exact) mass is 296 g/mol. The number of aliphatic hydroxyl groups is 2. The van der Waals surface area contributed by atoms with Gasteiger partial charge in [-0.1, -0.05) is 19.1 Å². The molecule has 0 bridgehead atoms. The van der Waals surface area contributed by atoms with Crippen molar-refractivity contribution in [2.75, 3.05) is 20.3 Å². The molecular weight excluding hydrogens is 272 g/mol. The average molecular weight is 296 g/mol. The Morgan fingerprint density at radius 1 is 1.33 bits per heavy atom. The lowest BCUT2D eigenvalue weighted by Crippen LogP contribution is -2.41. The van der Waals surface area contributed by atoms with Crippen molar-refractivity contribution in [2.45, 2.75) is 38.3 Å². The van der Waals surface area contributed by atoms with E-state index in [2.05, 4.69) is 0 Å². The second-order valence-corrected chi connectivity index (χ2v) is 5.53. The predicted molar refractivity (Wildman–Crippen MR) is 78.1 cm³/mol. The molecule has 1 aromatic rings. The highest BCUT2D eigenvalue weighted by Gasteiger charge is 2.32. The third kappa shape index (κ3) is 4.41. The number of rotatable bonds is 6. The standard InChI is InChI=1S/C16H24O5/c1-11(7-8-17)9-15-14(18)10-20-16(21-15)12-3-5-13(19-2)6-4-12/h3-6,11,14-18H,7-10H2,1-2H3/t11-,14+,15-,16?/m0/s1. The molecule has 1 aliphatic rings. The average Bonchev–Trinajstić information content (AvgIpc) is 2.50. The quantitative estimate of drug-likeness (QED) is 0.839. The Labute approximate surface area is 125 Å². The Morgan fingerprint density at radius 2 is 2.05 bits per heavy atom. The van der Waals surface area contributed by atoms with Crippen LogP contribution in [0.1, 0.15) is 31.6 Å². The van der Waals surface area contributed by atoms with Crippen molar-refractivity contribution in [1.82, 2.24) is 0 Å². The maximum atomic E-state index is 10.0. The van der Waals surface area contributed by atoms with E-state index in [4.69, 9.17) is 19.3 Å². The molecule has 1 unspecified atom stereocenters. The lowest BCUT2D eigenvalue weighted by Gasteiger charge is -2.35. The summed E-state index contributed by atoms with van der Waals surface area (Å²) in [5.74, 6) is 1.08. The van der Waals surface area contributed by atoms with E-state index in [1.54, 1.807) is 7.11 Å². The van der Waals surface area contributed by atoms with Crippen molar-refractivity contribution in [3.8, 4) is 5.75 Å². The van der Waals surface area contributed by atoms with Gasteiger partial charge in [-0.3, -0.25) is 0 Å². The van der Waals surface area contributed by atoms with Gasteiger partial charge in [0.05, 0.1) is 19.8 Å². The lowest BCUT2D eigenvalue weighted by molar-refractivity contribution is -0.259. The van der Waals surface area contributed by atoms with E-state index in [0.717, 1.165) is 11.3 Å². The Morgan fingerprint density at radius 3 is 2.67 bits per heavy atom. The summed E-state index contributed by atoms with van der Waals surface area (Å²) in [5, 5.41) is 19.0. The molecule has 5 nitrogen and oxygen atoms in total. The second-order valence-electron chi connectivity index (χ2n) is 5.53. The van der Waals surface area contributed by atoms with Crippen LogP contribution in [0.3, 0.4) is 0 Å². The summed E-state index contributed by atoms with van der Waals surface area (Å²) in [6.07, 6.45) is 0.0527. The first-order valence-electron chi connectivity index (χ1n) is 7.34. The highest BCUT2D eigenvalue weighted by Crippen LogP contribution is 2.30. The topological polar surface area (TPSA) is 68.2 Å². The summed E-state index contributed by atoms with van der Waals surface area (Å²) in [4.78, 5) is 0. The van der Waals surface area contributed by atoms with Crippen LogP contribution >= 0.6 is 0 Å². The fourth-order valence-corrected chi connectivity index (χ4v) is 2.47. The van der Waals surface area contributed by atoms with Gasteiger partial charge in [0.15, 0.2) is 6.29 Å². The summed E-state index contributed by atoms with van der Waals surface area (Å²) in [6, 6.07) is 7.51. The molecule has 2 N–H and O–H groups in total. The number of hydrogen-bond acceptors (Lipinski definition) is 5. The van der Waals surface area contributed by atoms with Crippen LogP contribution in [0.4, 0.5) is 0 Å². The Kier molecular flexibility index (Phi) is 5.99. The van der Waals surface area contributed by atoms with Crippen LogP contribution in [0.5, 0.6) is 5.75 Å². The van der Waals surface area contributed by atoms with E-state index in [1.165, 1.54) is 0 Å². The van der Waals surface area contributed by atoms with Gasteiger partial charge in [-0.05, 0) is 30.9 Å². The first kappa shape index (κ1) is 16.2. The predicted octanol–water partition coefficient (Wildman–Crippen LogP) is 1.88. The molecule has 4 atom stereocenters. The molecule has 118 valence electrons. The van der Waals surface area contributed by atoms with E-state index in [0.29, 0.717) is 18.8 Å². The van der Waals surface area contributed by atoms with Crippen molar-refractivity contribution in [2.24, 2.45) is 5.92 Å². The third-order valence-corrected chi connectivity index (χ3v) is 3.79. The van der Waals surface area contributed by atoms with Gasteiger partial charge in [0.1, 0.15) is 11.9 Å². The Hall–Kier alpha value is -1.14. The van der Waals surface area contributed by atoms with Crippen LogP contribution in [0.25, 0.3) is 0 Å². The van der Waals surface area contributed by atoms with Gasteiger partial charge >= 0.3 is 0 Å². The van der Waals surface area contributed by atoms with Gasteiger partial charge in [0, 0.05) is 12.2 Å². The maximum absolute atomic E-state index is 10.0. The molecule has 1 aromatic carbocycles. The molecule has 1 aliphatic heterocycles. The van der Waals surface area contributed by atoms with Crippen molar-refractivity contribution in [3.63, 3.8) is 0 Å². The van der Waals surface area contributed by atoms with Crippen LogP contribution in [0.15, 0.2) is 24.3 Å². The number of aliphatic hydroxyl groups excluding tert-OH is 2. The second kappa shape index (κ2) is 7.75. The summed E-state index contributed by atoms with van der Waals surface area (Å²) < 4.78 is 16.6. The molecule has 1 fully saturated rings. The molecular formula is C16H24O5. The molecule has 1 heterocycles. The van der Waals surface area contributed by atoms with Gasteiger partial charge in [-0.15, -0.1) is 0 Å². The van der Waals surface area contributed by atoms with Crippen molar-refractivity contribution < 1.29 is 24.4 Å². The normalized spacial score (nSPS) is 27.3. The summed E-state index contributed by atoms with van der Waals surface area (Å²) in [7, 11) is 1.62. The number of benzene rings is 1. The minimum atomic E-state index is -0.624. The third-order valence-electron chi connectivity index (χ3n) is 3.79. The molecule has 0 spiro atoms. The van der Waals surface area contributed by atoms with E-state index in [1.807, 2.05) is 31.2 Å². The van der Waals surface area contributed by atoms with Crippen LogP contribution in [-0.2, 0) is 9.47 Å². The SMILES string of the molecule is COc1ccc(C2OC[C@@H](O)[C@H](C[C@@H](C)CCO)O2)cc1. The van der Waals surface area contributed by atoms with E-state index < -0.39 is 12.4 Å². The molecule has 1 saturated heterocycles. The number of methoxy groups -OCH3 is 1. The smallest absolute Gasteiger partial charge is 0.184 e. The zero-order valence-corrected chi connectivity index (χ0v) is 12.6. The first-order valence-corrected chi connectivity index (χ1v) is 7.34. The van der Waals surface area contributed by atoms with E-state index >= 15 is 0 Å². The minimum Gasteiger partial charge on any atom is -0.497 e. The van der Waals surface area contributed by atoms with E-state index in [9.17, 15) is 5.11 Å². The fourth-order valence-electron chi connectivity index (χ4n) is 2.47. The highest BCUT2D eigenvalue weighted by atomic mass is 16.7. The first-order chi connectivity index (χ1) is 10.1. The largest absolute Gasteiger partial charge is 0.497 e. The summed E-state index contributed by atoms with van der Waals surface area (Å²) in [5.41, 5.74) is 0.905. The van der Waals surface area contributed by atoms with Crippen LogP contribution in [-0.4, -0.2) is 42.7 Å². The number of ether oxygens (including phenoxy) is 3. The van der Waals surface area contributed by atoms with Gasteiger partial charge in [-0.25, -0.2) is 0 Å². The van der Waals surface area contributed by atoms with E-state index in [-0.39, 0.29) is 19.3 Å². The summed E-state index contributed by atoms with van der Waals surface area (Å²) >= 11 is 0. The highest BCUT2D eigenvalue weighted by molar-refractivity contribution is 5.28. The summed E-state index contributed by atoms with van der Waals surface area (Å²) in [6.45, 7) is 2.46. The van der Waals surface area contributed by atoms with Crippen molar-refractivity contribution in [3.05, 3.63) is 29.8 Å². The molecule has 0 aliphatic carbocycles. The molecule has 21 heavy (non-hydrogen) atoms. The van der Waals surface area contributed by atoms with Crippen LogP contribution in [0, 0.1) is 5.92 Å². The van der Waals surface area contributed by atoms with Gasteiger partial charge in [-0.2, -0.15) is 0 Å². The minimum absolute atomic E-state index is 0.155. The number of hydrogen-bond donors (Lipinski definition) is 2. The fraction of sp³-hybridized carbons (Fsp3) is 0.625. The lowest BCUT2D eigenvalue weighted by atomic mass is 9.97. The Balaban J connectivity index is 1.98. The molecule has 0 amide bonds. The van der Waals surface area contributed by atoms with Crippen LogP contribution < -0.4 is 4.74 Å². The zero-order chi connectivity index (χ0) is 15.2. The molecule has 0 saturated carbocycles. The van der Waals surface area contributed by atoms with Gasteiger partial charge < -0.3 is 24.4 Å². The van der Waals surface area contributed by atoms with Crippen molar-refractivity contribution >= 4 is 0 Å². The van der Waals surface area contributed by atoms with Crippen LogP contribution in [0.2, 0.25) is 0 Å². The Bertz CT molecular complexity index is 419. The van der Waals surface area contributed by atoms with Gasteiger partial charge in [0.2, 0.25) is 0 Å². The maximum Gasteiger partial charge on any atom is 0.184 e. The molecule has 0 radical (unpaired) electrons. The molecule has 2 rings (SSSR count). The molecule has 5 heteroatoms. The van der Waals surface area contributed by atoms with Crippen molar-refractivity contribution in [1.29, 1.82) is 0 Å².